The molecule has 26 heavy (non-hydrogen) atoms. The first-order chi connectivity index (χ1) is 12.5. The highest BCUT2D eigenvalue weighted by Crippen LogP contribution is 2.38. The van der Waals surface area contributed by atoms with Crippen molar-refractivity contribution >= 4 is 16.3 Å². The Hall–Kier alpha value is -2.19. The summed E-state index contributed by atoms with van der Waals surface area (Å²) in [7, 11) is 3.24. The Morgan fingerprint density at radius 1 is 1.19 bits per heavy atom. The second kappa shape index (κ2) is 6.51. The Balaban J connectivity index is 1.71. The maximum absolute atomic E-state index is 5.83. The summed E-state index contributed by atoms with van der Waals surface area (Å²) in [5, 5.41) is 14.5. The Bertz CT molecular complexity index is 934. The highest BCUT2D eigenvalue weighted by Gasteiger charge is 2.32. The number of hydrogen-bond donors (Lipinski definition) is 0. The van der Waals surface area contributed by atoms with E-state index in [9.17, 15) is 0 Å². The first-order valence-corrected chi connectivity index (χ1v) is 9.41. The van der Waals surface area contributed by atoms with Gasteiger partial charge in [0.25, 0.3) is 0 Å². The molecule has 0 unspecified atom stereocenters. The molecule has 3 aromatic rings. The van der Waals surface area contributed by atoms with E-state index in [1.54, 1.807) is 25.6 Å². The van der Waals surface area contributed by atoms with Gasteiger partial charge in [0.2, 0.25) is 4.96 Å². The standard InChI is InChI=1S/C18H22N4O3S/c1-18(2)10-12(7-8-25-18)16-21-22-15(19-20-17(22)26-16)11-5-6-13(23-3)14(9-11)24-4/h5-6,9,12H,7-8,10H2,1-4H3/t12-/m1/s1. The van der Waals surface area contributed by atoms with E-state index in [1.807, 2.05) is 22.7 Å². The van der Waals surface area contributed by atoms with Gasteiger partial charge >= 0.3 is 0 Å². The number of rotatable bonds is 4. The molecule has 0 aliphatic carbocycles. The van der Waals surface area contributed by atoms with E-state index in [-0.39, 0.29) is 5.60 Å². The molecule has 2 aromatic heterocycles. The van der Waals surface area contributed by atoms with E-state index >= 15 is 0 Å². The quantitative estimate of drug-likeness (QED) is 0.696. The molecule has 0 bridgehead atoms. The van der Waals surface area contributed by atoms with Gasteiger partial charge in [0.05, 0.1) is 19.8 Å². The van der Waals surface area contributed by atoms with Crippen molar-refractivity contribution in [1.29, 1.82) is 0 Å². The fourth-order valence-corrected chi connectivity index (χ4v) is 4.37. The largest absolute Gasteiger partial charge is 0.493 e. The lowest BCUT2D eigenvalue weighted by atomic mass is 9.89. The predicted molar refractivity (Wildman–Crippen MR) is 99.2 cm³/mol. The molecule has 0 radical (unpaired) electrons. The summed E-state index contributed by atoms with van der Waals surface area (Å²) < 4.78 is 18.4. The molecule has 3 heterocycles. The van der Waals surface area contributed by atoms with E-state index < -0.39 is 0 Å². The molecule has 7 nitrogen and oxygen atoms in total. The van der Waals surface area contributed by atoms with E-state index in [0.29, 0.717) is 23.2 Å². The van der Waals surface area contributed by atoms with Crippen molar-refractivity contribution < 1.29 is 14.2 Å². The summed E-state index contributed by atoms with van der Waals surface area (Å²) in [4.78, 5) is 0.800. The van der Waals surface area contributed by atoms with Crippen LogP contribution in [0.1, 0.15) is 37.6 Å². The minimum Gasteiger partial charge on any atom is -0.493 e. The van der Waals surface area contributed by atoms with Crippen molar-refractivity contribution in [2.45, 2.75) is 38.2 Å². The van der Waals surface area contributed by atoms with Crippen LogP contribution >= 0.6 is 11.3 Å². The second-order valence-electron chi connectivity index (χ2n) is 7.03. The van der Waals surface area contributed by atoms with Crippen LogP contribution < -0.4 is 9.47 Å². The summed E-state index contributed by atoms with van der Waals surface area (Å²) >= 11 is 1.60. The minimum atomic E-state index is -0.110. The van der Waals surface area contributed by atoms with Gasteiger partial charge in [0.1, 0.15) is 5.01 Å². The summed E-state index contributed by atoms with van der Waals surface area (Å²) in [6, 6.07) is 5.70. The zero-order chi connectivity index (χ0) is 18.3. The fraction of sp³-hybridized carbons (Fsp3) is 0.500. The Labute approximate surface area is 155 Å². The molecule has 4 rings (SSSR count). The van der Waals surface area contributed by atoms with Crippen LogP contribution in [0.5, 0.6) is 11.5 Å². The van der Waals surface area contributed by atoms with Crippen LogP contribution in [-0.4, -0.2) is 46.2 Å². The average molecular weight is 374 g/mol. The van der Waals surface area contributed by atoms with Crippen LogP contribution in [0, 0.1) is 0 Å². The molecule has 0 spiro atoms. The highest BCUT2D eigenvalue weighted by molar-refractivity contribution is 7.16. The molecule has 0 N–H and O–H groups in total. The van der Waals surface area contributed by atoms with Gasteiger partial charge in [-0.25, -0.2) is 0 Å². The van der Waals surface area contributed by atoms with Crippen molar-refractivity contribution in [3.8, 4) is 22.9 Å². The van der Waals surface area contributed by atoms with Crippen LogP contribution in [-0.2, 0) is 4.74 Å². The molecule has 1 aromatic carbocycles. The lowest BCUT2D eigenvalue weighted by Crippen LogP contribution is -2.33. The Kier molecular flexibility index (Phi) is 4.32. The van der Waals surface area contributed by atoms with Gasteiger partial charge < -0.3 is 14.2 Å². The number of hydrogen-bond acceptors (Lipinski definition) is 7. The third kappa shape index (κ3) is 3.03. The first kappa shape index (κ1) is 17.2. The minimum absolute atomic E-state index is 0.110. The molecule has 8 heteroatoms. The molecule has 0 amide bonds. The van der Waals surface area contributed by atoms with Crippen molar-refractivity contribution in [3.05, 3.63) is 23.2 Å². The smallest absolute Gasteiger partial charge is 0.234 e. The molecular weight excluding hydrogens is 352 g/mol. The van der Waals surface area contributed by atoms with Crippen LogP contribution in [0.3, 0.4) is 0 Å². The van der Waals surface area contributed by atoms with E-state index in [4.69, 9.17) is 19.3 Å². The first-order valence-electron chi connectivity index (χ1n) is 8.59. The summed E-state index contributed by atoms with van der Waals surface area (Å²) in [5.74, 6) is 2.43. The fourth-order valence-electron chi connectivity index (χ4n) is 3.39. The number of ether oxygens (including phenoxy) is 3. The molecular formula is C18H22N4O3S. The van der Waals surface area contributed by atoms with Crippen molar-refractivity contribution in [2.24, 2.45) is 0 Å². The van der Waals surface area contributed by atoms with Crippen LogP contribution in [0.2, 0.25) is 0 Å². The summed E-state index contributed by atoms with van der Waals surface area (Å²) in [6.07, 6.45) is 1.95. The van der Waals surface area contributed by atoms with E-state index in [1.165, 1.54) is 0 Å². The lowest BCUT2D eigenvalue weighted by Gasteiger charge is -2.34. The van der Waals surface area contributed by atoms with Gasteiger partial charge in [-0.2, -0.15) is 9.61 Å². The van der Waals surface area contributed by atoms with Gasteiger partial charge in [0, 0.05) is 18.1 Å². The molecule has 1 fully saturated rings. The second-order valence-corrected chi connectivity index (χ2v) is 8.01. The third-order valence-electron chi connectivity index (χ3n) is 4.69. The van der Waals surface area contributed by atoms with E-state index in [2.05, 4.69) is 24.0 Å². The van der Waals surface area contributed by atoms with Gasteiger partial charge in [-0.1, -0.05) is 11.3 Å². The number of aromatic nitrogens is 4. The van der Waals surface area contributed by atoms with Gasteiger partial charge in [0.15, 0.2) is 17.3 Å². The van der Waals surface area contributed by atoms with Gasteiger partial charge in [-0.3, -0.25) is 0 Å². The van der Waals surface area contributed by atoms with E-state index in [0.717, 1.165) is 35.0 Å². The molecule has 1 aliphatic heterocycles. The highest BCUT2D eigenvalue weighted by atomic mass is 32.1. The van der Waals surface area contributed by atoms with Gasteiger partial charge in [-0.05, 0) is 44.9 Å². The molecule has 1 aliphatic rings. The topological polar surface area (TPSA) is 70.8 Å². The van der Waals surface area contributed by atoms with Crippen LogP contribution in [0.15, 0.2) is 18.2 Å². The van der Waals surface area contributed by atoms with Crippen LogP contribution in [0.25, 0.3) is 16.3 Å². The zero-order valence-electron chi connectivity index (χ0n) is 15.4. The van der Waals surface area contributed by atoms with Crippen molar-refractivity contribution in [2.75, 3.05) is 20.8 Å². The molecule has 1 atom stereocenters. The Morgan fingerprint density at radius 3 is 2.73 bits per heavy atom. The van der Waals surface area contributed by atoms with Crippen molar-refractivity contribution in [1.82, 2.24) is 19.8 Å². The van der Waals surface area contributed by atoms with Crippen molar-refractivity contribution in [3.63, 3.8) is 0 Å². The Morgan fingerprint density at radius 2 is 2.00 bits per heavy atom. The maximum atomic E-state index is 5.83. The maximum Gasteiger partial charge on any atom is 0.234 e. The number of methoxy groups -OCH3 is 2. The molecule has 138 valence electrons. The molecule has 1 saturated heterocycles. The molecule has 0 saturated carbocycles. The zero-order valence-corrected chi connectivity index (χ0v) is 16.2. The number of benzene rings is 1. The SMILES string of the molecule is COc1ccc(-c2nnc3sc([C@@H]4CCOC(C)(C)C4)nn23)cc1OC. The number of nitrogens with zero attached hydrogens (tertiary/aromatic N) is 4. The normalized spacial score (nSPS) is 19.6. The average Bonchev–Trinajstić information content (AvgIpc) is 3.21. The third-order valence-corrected chi connectivity index (χ3v) is 5.76. The van der Waals surface area contributed by atoms with Crippen LogP contribution in [0.4, 0.5) is 0 Å². The monoisotopic (exact) mass is 374 g/mol. The summed E-state index contributed by atoms with van der Waals surface area (Å²) in [5.41, 5.74) is 0.778. The lowest BCUT2D eigenvalue weighted by molar-refractivity contribution is -0.0593. The predicted octanol–water partition coefficient (Wildman–Crippen LogP) is 3.54. The van der Waals surface area contributed by atoms with Gasteiger partial charge in [-0.15, -0.1) is 10.2 Å². The summed E-state index contributed by atoms with van der Waals surface area (Å²) in [6.45, 7) is 5.03. The number of fused-ring (bicyclic) bond motifs is 1.